The van der Waals surface area contributed by atoms with Crippen LogP contribution in [0, 0.1) is 6.92 Å². The standard InChI is InChI=1S/C19H19N5O3S2/c1-11-13(7-8-27-11)17-22-23-19(24(17)20)29-10-12-9-28-18(21-12)14-5-4-6-15(25-2)16(14)26-3/h4-9H,10,20H2,1-3H3. The predicted octanol–water partition coefficient (Wildman–Crippen LogP) is 3.99. The summed E-state index contributed by atoms with van der Waals surface area (Å²) in [5.41, 5.74) is 2.64. The third-order valence-electron chi connectivity index (χ3n) is 4.30. The summed E-state index contributed by atoms with van der Waals surface area (Å²) < 4.78 is 17.7. The molecule has 0 bridgehead atoms. The summed E-state index contributed by atoms with van der Waals surface area (Å²) in [5.74, 6) is 9.45. The molecule has 0 saturated heterocycles. The molecule has 3 aromatic heterocycles. The summed E-state index contributed by atoms with van der Waals surface area (Å²) in [6, 6.07) is 7.57. The van der Waals surface area contributed by atoms with E-state index in [9.17, 15) is 0 Å². The largest absolute Gasteiger partial charge is 0.493 e. The molecular weight excluding hydrogens is 410 g/mol. The van der Waals surface area contributed by atoms with Crippen LogP contribution in [0.5, 0.6) is 11.5 Å². The topological polar surface area (TPSA) is 101 Å². The summed E-state index contributed by atoms with van der Waals surface area (Å²) >= 11 is 3.02. The zero-order valence-electron chi connectivity index (χ0n) is 16.1. The van der Waals surface area contributed by atoms with Gasteiger partial charge in [0.2, 0.25) is 5.16 Å². The molecule has 0 unspecified atom stereocenters. The average molecular weight is 430 g/mol. The first-order valence-corrected chi connectivity index (χ1v) is 10.5. The fourth-order valence-corrected chi connectivity index (χ4v) is 4.56. The molecule has 150 valence electrons. The lowest BCUT2D eigenvalue weighted by atomic mass is 10.2. The summed E-state index contributed by atoms with van der Waals surface area (Å²) in [6.07, 6.45) is 1.61. The van der Waals surface area contributed by atoms with Crippen molar-refractivity contribution >= 4 is 23.1 Å². The van der Waals surface area contributed by atoms with E-state index in [0.717, 1.165) is 27.6 Å². The van der Waals surface area contributed by atoms with E-state index in [0.29, 0.717) is 28.2 Å². The monoisotopic (exact) mass is 429 g/mol. The van der Waals surface area contributed by atoms with Crippen molar-refractivity contribution in [3.8, 4) is 33.5 Å². The molecule has 0 radical (unpaired) electrons. The first kappa shape index (κ1) is 19.3. The van der Waals surface area contributed by atoms with Gasteiger partial charge >= 0.3 is 0 Å². The maximum Gasteiger partial charge on any atom is 0.210 e. The second kappa shape index (κ2) is 8.18. The van der Waals surface area contributed by atoms with Gasteiger partial charge in [0.15, 0.2) is 17.3 Å². The minimum atomic E-state index is 0.568. The molecular formula is C19H19N5O3S2. The first-order valence-electron chi connectivity index (χ1n) is 8.66. The van der Waals surface area contributed by atoms with Gasteiger partial charge in [0.05, 0.1) is 37.3 Å². The Morgan fingerprint density at radius 3 is 2.76 bits per heavy atom. The smallest absolute Gasteiger partial charge is 0.210 e. The van der Waals surface area contributed by atoms with Gasteiger partial charge in [-0.05, 0) is 25.1 Å². The van der Waals surface area contributed by atoms with Crippen LogP contribution in [0.15, 0.2) is 45.5 Å². The lowest BCUT2D eigenvalue weighted by molar-refractivity contribution is 0.356. The minimum Gasteiger partial charge on any atom is -0.493 e. The van der Waals surface area contributed by atoms with Crippen LogP contribution in [-0.4, -0.2) is 34.1 Å². The fraction of sp³-hybridized carbons (Fsp3) is 0.211. The molecule has 3 heterocycles. The van der Waals surface area contributed by atoms with Crippen LogP contribution in [0.25, 0.3) is 22.0 Å². The Hall–Kier alpha value is -2.98. The maximum atomic E-state index is 6.17. The molecule has 0 atom stereocenters. The van der Waals surface area contributed by atoms with Gasteiger partial charge in [-0.25, -0.2) is 9.66 Å². The van der Waals surface area contributed by atoms with E-state index in [4.69, 9.17) is 24.7 Å². The minimum absolute atomic E-state index is 0.568. The van der Waals surface area contributed by atoms with Crippen LogP contribution in [-0.2, 0) is 5.75 Å². The van der Waals surface area contributed by atoms with Crippen LogP contribution in [0.4, 0.5) is 0 Å². The van der Waals surface area contributed by atoms with E-state index in [1.165, 1.54) is 16.4 Å². The van der Waals surface area contributed by atoms with Crippen molar-refractivity contribution < 1.29 is 13.9 Å². The SMILES string of the molecule is COc1cccc(-c2nc(CSc3nnc(-c4ccoc4C)n3N)cs2)c1OC. The highest BCUT2D eigenvalue weighted by atomic mass is 32.2. The van der Waals surface area contributed by atoms with Gasteiger partial charge in [-0.15, -0.1) is 21.5 Å². The highest BCUT2D eigenvalue weighted by Gasteiger charge is 2.17. The molecule has 10 heteroatoms. The number of furan rings is 1. The lowest BCUT2D eigenvalue weighted by Crippen LogP contribution is -2.11. The Morgan fingerprint density at radius 2 is 2.03 bits per heavy atom. The molecule has 8 nitrogen and oxygen atoms in total. The third kappa shape index (κ3) is 3.68. The van der Waals surface area contributed by atoms with E-state index < -0.39 is 0 Å². The summed E-state index contributed by atoms with van der Waals surface area (Å²) in [4.78, 5) is 4.73. The van der Waals surface area contributed by atoms with Crippen molar-refractivity contribution in [3.63, 3.8) is 0 Å². The summed E-state index contributed by atoms with van der Waals surface area (Å²) in [7, 11) is 3.24. The molecule has 0 spiro atoms. The van der Waals surface area contributed by atoms with Gasteiger partial charge in [0, 0.05) is 11.1 Å². The van der Waals surface area contributed by atoms with Gasteiger partial charge in [-0.3, -0.25) is 0 Å². The number of hydrogen-bond acceptors (Lipinski definition) is 9. The molecule has 0 aliphatic carbocycles. The third-order valence-corrected chi connectivity index (χ3v) is 6.20. The number of nitrogen functional groups attached to an aromatic ring is 1. The predicted molar refractivity (Wildman–Crippen MR) is 113 cm³/mol. The highest BCUT2D eigenvalue weighted by molar-refractivity contribution is 7.98. The van der Waals surface area contributed by atoms with Gasteiger partial charge < -0.3 is 19.7 Å². The van der Waals surface area contributed by atoms with Crippen molar-refractivity contribution in [2.45, 2.75) is 17.8 Å². The Morgan fingerprint density at radius 1 is 1.17 bits per heavy atom. The number of aromatic nitrogens is 4. The number of hydrogen-bond donors (Lipinski definition) is 1. The summed E-state index contributed by atoms with van der Waals surface area (Å²) in [5, 5.41) is 11.9. The number of aryl methyl sites for hydroxylation is 1. The second-order valence-electron chi connectivity index (χ2n) is 6.04. The van der Waals surface area contributed by atoms with Crippen molar-refractivity contribution in [1.29, 1.82) is 0 Å². The normalized spacial score (nSPS) is 11.0. The summed E-state index contributed by atoms with van der Waals surface area (Å²) in [6.45, 7) is 1.86. The van der Waals surface area contributed by atoms with Crippen molar-refractivity contribution in [3.05, 3.63) is 47.4 Å². The number of ether oxygens (including phenoxy) is 2. The lowest BCUT2D eigenvalue weighted by Gasteiger charge is -2.10. The van der Waals surface area contributed by atoms with Crippen LogP contribution in [0.1, 0.15) is 11.5 Å². The molecule has 1 aromatic carbocycles. The molecule has 4 aromatic rings. The molecule has 0 amide bonds. The molecule has 29 heavy (non-hydrogen) atoms. The molecule has 0 fully saturated rings. The van der Waals surface area contributed by atoms with Crippen LogP contribution in [0.2, 0.25) is 0 Å². The van der Waals surface area contributed by atoms with Crippen molar-refractivity contribution in [1.82, 2.24) is 19.9 Å². The zero-order chi connectivity index (χ0) is 20.4. The Kier molecular flexibility index (Phi) is 5.45. The molecule has 4 rings (SSSR count). The molecule has 0 aliphatic rings. The number of thiazole rings is 1. The van der Waals surface area contributed by atoms with Gasteiger partial charge in [-0.1, -0.05) is 17.8 Å². The van der Waals surface area contributed by atoms with Gasteiger partial charge in [0.25, 0.3) is 0 Å². The average Bonchev–Trinajstić information content (AvgIpc) is 3.46. The van der Waals surface area contributed by atoms with E-state index in [2.05, 4.69) is 10.2 Å². The molecule has 0 saturated carbocycles. The van der Waals surface area contributed by atoms with Crippen LogP contribution >= 0.6 is 23.1 Å². The quantitative estimate of drug-likeness (QED) is 0.348. The zero-order valence-corrected chi connectivity index (χ0v) is 17.7. The highest BCUT2D eigenvalue weighted by Crippen LogP contribution is 2.39. The number of rotatable bonds is 7. The van der Waals surface area contributed by atoms with Gasteiger partial charge in [-0.2, -0.15) is 0 Å². The van der Waals surface area contributed by atoms with Crippen LogP contribution < -0.4 is 15.3 Å². The van der Waals surface area contributed by atoms with Crippen molar-refractivity contribution in [2.24, 2.45) is 0 Å². The van der Waals surface area contributed by atoms with Crippen molar-refractivity contribution in [2.75, 3.05) is 20.1 Å². The van der Waals surface area contributed by atoms with Gasteiger partial charge in [0.1, 0.15) is 10.8 Å². The number of thioether (sulfide) groups is 1. The fourth-order valence-electron chi connectivity index (χ4n) is 2.87. The van der Waals surface area contributed by atoms with E-state index in [-0.39, 0.29) is 0 Å². The van der Waals surface area contributed by atoms with E-state index >= 15 is 0 Å². The Balaban J connectivity index is 1.52. The van der Waals surface area contributed by atoms with Crippen LogP contribution in [0.3, 0.4) is 0 Å². The molecule has 2 N–H and O–H groups in total. The first-order chi connectivity index (χ1) is 14.1. The maximum absolute atomic E-state index is 6.17. The van der Waals surface area contributed by atoms with E-state index in [1.54, 1.807) is 31.8 Å². The Labute approximate surface area is 175 Å². The number of methoxy groups -OCH3 is 2. The molecule has 0 aliphatic heterocycles. The number of nitrogens with two attached hydrogens (primary N) is 1. The second-order valence-corrected chi connectivity index (χ2v) is 7.84. The van der Waals surface area contributed by atoms with E-state index in [1.807, 2.05) is 36.6 Å². The number of para-hydroxylation sites is 1. The number of benzene rings is 1. The number of nitrogens with zero attached hydrogens (tertiary/aromatic N) is 4. The Bertz CT molecular complexity index is 1130.